The van der Waals surface area contributed by atoms with E-state index < -0.39 is 0 Å². The van der Waals surface area contributed by atoms with Gasteiger partial charge in [-0.15, -0.1) is 10.2 Å². The number of imide groups is 1. The Morgan fingerprint density at radius 3 is 2.35 bits per heavy atom. The zero-order chi connectivity index (χ0) is 21.6. The lowest BCUT2D eigenvalue weighted by Crippen LogP contribution is -2.33. The lowest BCUT2D eigenvalue weighted by molar-refractivity contribution is -0.121. The third kappa shape index (κ3) is 4.58. The number of hydrogen-bond donors (Lipinski definition) is 2. The zero-order valence-electron chi connectivity index (χ0n) is 16.7. The molecular formula is C21H21N7O3. The second-order valence-corrected chi connectivity index (χ2v) is 6.92. The van der Waals surface area contributed by atoms with Crippen molar-refractivity contribution < 1.29 is 14.4 Å². The Labute approximate surface area is 178 Å². The molecule has 0 radical (unpaired) electrons. The van der Waals surface area contributed by atoms with Gasteiger partial charge in [-0.3, -0.25) is 19.3 Å². The second kappa shape index (κ2) is 9.16. The van der Waals surface area contributed by atoms with Crippen LogP contribution in [0.5, 0.6) is 0 Å². The van der Waals surface area contributed by atoms with E-state index in [-0.39, 0.29) is 30.7 Å². The van der Waals surface area contributed by atoms with E-state index in [2.05, 4.69) is 25.9 Å². The highest BCUT2D eigenvalue weighted by molar-refractivity contribution is 6.21. The van der Waals surface area contributed by atoms with Gasteiger partial charge >= 0.3 is 0 Å². The molecule has 4 rings (SSSR count). The van der Waals surface area contributed by atoms with Crippen LogP contribution in [0.15, 0.2) is 54.9 Å². The molecule has 10 heteroatoms. The molecule has 0 aliphatic carbocycles. The number of aromatic nitrogens is 4. The largest absolute Gasteiger partial charge is 0.367 e. The van der Waals surface area contributed by atoms with Gasteiger partial charge < -0.3 is 10.6 Å². The van der Waals surface area contributed by atoms with Crippen molar-refractivity contribution in [3.8, 4) is 5.82 Å². The van der Waals surface area contributed by atoms with Crippen LogP contribution in [0, 0.1) is 0 Å². The maximum Gasteiger partial charge on any atom is 0.261 e. The number of amides is 3. The van der Waals surface area contributed by atoms with Crippen LogP contribution in [0.4, 0.5) is 5.82 Å². The first-order valence-corrected chi connectivity index (χ1v) is 9.93. The molecule has 2 N–H and O–H groups in total. The number of hydrogen-bond acceptors (Lipinski definition) is 7. The molecule has 3 amide bonds. The smallest absolute Gasteiger partial charge is 0.261 e. The molecule has 10 nitrogen and oxygen atoms in total. The van der Waals surface area contributed by atoms with Crippen LogP contribution >= 0.6 is 0 Å². The van der Waals surface area contributed by atoms with Gasteiger partial charge in [0.15, 0.2) is 5.82 Å². The lowest BCUT2D eigenvalue weighted by Gasteiger charge is -2.13. The summed E-state index contributed by atoms with van der Waals surface area (Å²) in [6.07, 6.45) is 4.08. The number of rotatable bonds is 9. The molecule has 2 aromatic heterocycles. The fourth-order valence-corrected chi connectivity index (χ4v) is 3.27. The number of carbonyl (C=O) groups is 3. The molecule has 3 aromatic rings. The molecule has 0 unspecified atom stereocenters. The quantitative estimate of drug-likeness (QED) is 0.396. The number of anilines is 1. The molecule has 0 fully saturated rings. The Balaban J connectivity index is 1.14. The summed E-state index contributed by atoms with van der Waals surface area (Å²) in [7, 11) is 0. The summed E-state index contributed by atoms with van der Waals surface area (Å²) in [5.41, 5.74) is 0.840. The fraction of sp³-hybridized carbons (Fsp3) is 0.238. The zero-order valence-corrected chi connectivity index (χ0v) is 16.7. The van der Waals surface area contributed by atoms with Crippen molar-refractivity contribution in [2.45, 2.75) is 12.8 Å². The van der Waals surface area contributed by atoms with E-state index in [1.165, 1.54) is 4.90 Å². The number of carbonyl (C=O) groups excluding carboxylic acids is 3. The van der Waals surface area contributed by atoms with Crippen LogP contribution in [-0.2, 0) is 4.79 Å². The predicted molar refractivity (Wildman–Crippen MR) is 112 cm³/mol. The van der Waals surface area contributed by atoms with Crippen LogP contribution in [0.25, 0.3) is 5.82 Å². The number of nitrogens with one attached hydrogen (secondary N) is 2. The highest BCUT2D eigenvalue weighted by atomic mass is 16.2. The Morgan fingerprint density at radius 1 is 0.935 bits per heavy atom. The highest BCUT2D eigenvalue weighted by Crippen LogP contribution is 2.22. The van der Waals surface area contributed by atoms with Crippen molar-refractivity contribution in [1.29, 1.82) is 0 Å². The fourth-order valence-electron chi connectivity index (χ4n) is 3.27. The first-order chi connectivity index (χ1) is 15.1. The minimum absolute atomic E-state index is 0.140. The molecule has 1 aromatic carbocycles. The number of benzene rings is 1. The van der Waals surface area contributed by atoms with Gasteiger partial charge in [-0.05, 0) is 36.8 Å². The molecule has 158 valence electrons. The molecule has 0 atom stereocenters. The maximum atomic E-state index is 12.3. The van der Waals surface area contributed by atoms with Gasteiger partial charge in [0, 0.05) is 38.4 Å². The standard InChI is InChI=1S/C21H21N7O3/c29-19(7-3-13-27-20(30)15-5-1-2-6-16(15)21(27)31)23-12-11-22-17-8-9-18(26-25-17)28-14-4-10-24-28/h1-2,4-6,8-10,14H,3,7,11-13H2,(H,22,25)(H,23,29). The van der Waals surface area contributed by atoms with Crippen molar-refractivity contribution in [3.63, 3.8) is 0 Å². The first-order valence-electron chi connectivity index (χ1n) is 9.93. The van der Waals surface area contributed by atoms with Crippen LogP contribution in [0.1, 0.15) is 33.6 Å². The Kier molecular flexibility index (Phi) is 5.97. The van der Waals surface area contributed by atoms with Crippen LogP contribution in [-0.4, -0.2) is 62.2 Å². The topological polar surface area (TPSA) is 122 Å². The second-order valence-electron chi connectivity index (χ2n) is 6.92. The minimum Gasteiger partial charge on any atom is -0.367 e. The Bertz CT molecular complexity index is 1050. The predicted octanol–water partition coefficient (Wildman–Crippen LogP) is 1.27. The highest BCUT2D eigenvalue weighted by Gasteiger charge is 2.34. The molecule has 0 spiro atoms. The summed E-state index contributed by atoms with van der Waals surface area (Å²) in [6, 6.07) is 12.1. The minimum atomic E-state index is -0.301. The molecule has 1 aliphatic rings. The SMILES string of the molecule is O=C(CCCN1C(=O)c2ccccc2C1=O)NCCNc1ccc(-n2cccn2)nn1. The maximum absolute atomic E-state index is 12.3. The van der Waals surface area contributed by atoms with Crippen molar-refractivity contribution in [3.05, 3.63) is 66.0 Å². The van der Waals surface area contributed by atoms with Gasteiger partial charge in [0.05, 0.1) is 11.1 Å². The number of fused-ring (bicyclic) bond motifs is 1. The summed E-state index contributed by atoms with van der Waals surface area (Å²) < 4.78 is 1.61. The van der Waals surface area contributed by atoms with Gasteiger partial charge in [-0.2, -0.15) is 5.10 Å². The van der Waals surface area contributed by atoms with E-state index in [9.17, 15) is 14.4 Å². The monoisotopic (exact) mass is 419 g/mol. The molecule has 0 saturated carbocycles. The average molecular weight is 419 g/mol. The Hall–Kier alpha value is -4.08. The van der Waals surface area contributed by atoms with E-state index in [0.29, 0.717) is 42.3 Å². The summed E-state index contributed by atoms with van der Waals surface area (Å²) in [4.78, 5) is 37.8. The van der Waals surface area contributed by atoms with E-state index >= 15 is 0 Å². The normalized spacial score (nSPS) is 12.7. The first kappa shape index (κ1) is 20.2. The lowest BCUT2D eigenvalue weighted by atomic mass is 10.1. The van der Waals surface area contributed by atoms with Crippen LogP contribution in [0.3, 0.4) is 0 Å². The summed E-state index contributed by atoms with van der Waals surface area (Å²) in [5.74, 6) is 0.464. The van der Waals surface area contributed by atoms with Crippen molar-refractivity contribution in [2.75, 3.05) is 25.0 Å². The Morgan fingerprint density at radius 2 is 1.71 bits per heavy atom. The summed E-state index contributed by atoms with van der Waals surface area (Å²) in [6.45, 7) is 1.12. The van der Waals surface area contributed by atoms with Gasteiger partial charge in [-0.25, -0.2) is 4.68 Å². The van der Waals surface area contributed by atoms with Gasteiger partial charge in [0.2, 0.25) is 5.91 Å². The molecule has 0 saturated heterocycles. The molecule has 0 bridgehead atoms. The van der Waals surface area contributed by atoms with Crippen LogP contribution in [0.2, 0.25) is 0 Å². The average Bonchev–Trinajstić information content (AvgIpc) is 3.41. The van der Waals surface area contributed by atoms with Crippen molar-refractivity contribution in [2.24, 2.45) is 0 Å². The van der Waals surface area contributed by atoms with Gasteiger partial charge in [-0.1, -0.05) is 12.1 Å². The summed E-state index contributed by atoms with van der Waals surface area (Å²) >= 11 is 0. The molecular weight excluding hydrogens is 398 g/mol. The molecule has 31 heavy (non-hydrogen) atoms. The molecule has 3 heterocycles. The van der Waals surface area contributed by atoms with E-state index in [4.69, 9.17) is 0 Å². The van der Waals surface area contributed by atoms with Crippen molar-refractivity contribution >= 4 is 23.5 Å². The number of nitrogens with zero attached hydrogens (tertiary/aromatic N) is 5. The van der Waals surface area contributed by atoms with Gasteiger partial charge in [0.1, 0.15) is 5.82 Å². The van der Waals surface area contributed by atoms with E-state index in [1.807, 2.05) is 0 Å². The van der Waals surface area contributed by atoms with E-state index in [0.717, 1.165) is 0 Å². The third-order valence-electron chi connectivity index (χ3n) is 4.81. The van der Waals surface area contributed by atoms with E-state index in [1.54, 1.807) is 59.5 Å². The molecule has 1 aliphatic heterocycles. The van der Waals surface area contributed by atoms with Crippen LogP contribution < -0.4 is 10.6 Å². The van der Waals surface area contributed by atoms with Gasteiger partial charge in [0.25, 0.3) is 11.8 Å². The third-order valence-corrected chi connectivity index (χ3v) is 4.81. The summed E-state index contributed by atoms with van der Waals surface area (Å²) in [5, 5.41) is 18.1. The van der Waals surface area contributed by atoms with Crippen molar-refractivity contribution in [1.82, 2.24) is 30.2 Å².